The average Bonchev–Trinajstić information content (AvgIpc) is 3.24. The Balaban J connectivity index is 2.10. The summed E-state index contributed by atoms with van der Waals surface area (Å²) in [6.45, 7) is 0.297. The Hall–Kier alpha value is -1.49. The third kappa shape index (κ3) is 4.00. The van der Waals surface area contributed by atoms with Crippen LogP contribution in [0.4, 0.5) is 0 Å². The number of hydrogen-bond acceptors (Lipinski definition) is 3. The SMILES string of the molecule is CSCc1cccc(C(=O)N(CCC(=O)O)C2CC2)c1. The molecule has 0 heterocycles. The van der Waals surface area contributed by atoms with Gasteiger partial charge in [0, 0.05) is 23.9 Å². The van der Waals surface area contributed by atoms with Gasteiger partial charge in [0.1, 0.15) is 0 Å². The number of thioether (sulfide) groups is 1. The number of carboxylic acid groups (broad SMARTS) is 1. The normalized spacial score (nSPS) is 14.1. The van der Waals surface area contributed by atoms with Gasteiger partial charge in [0.05, 0.1) is 6.42 Å². The van der Waals surface area contributed by atoms with Gasteiger partial charge in [0.15, 0.2) is 0 Å². The number of carbonyl (C=O) groups excluding carboxylic acids is 1. The predicted molar refractivity (Wildman–Crippen MR) is 80.0 cm³/mol. The highest BCUT2D eigenvalue weighted by Crippen LogP contribution is 2.28. The topological polar surface area (TPSA) is 57.6 Å². The van der Waals surface area contributed by atoms with E-state index in [0.717, 1.165) is 24.2 Å². The molecule has 1 aromatic rings. The summed E-state index contributed by atoms with van der Waals surface area (Å²) in [6, 6.07) is 7.84. The number of benzene rings is 1. The molecule has 2 rings (SSSR count). The van der Waals surface area contributed by atoms with Gasteiger partial charge in [-0.15, -0.1) is 0 Å². The fourth-order valence-corrected chi connectivity index (χ4v) is 2.69. The molecule has 0 aliphatic heterocycles. The highest BCUT2D eigenvalue weighted by molar-refractivity contribution is 7.97. The number of hydrogen-bond donors (Lipinski definition) is 1. The summed E-state index contributed by atoms with van der Waals surface area (Å²) in [6.07, 6.45) is 4.00. The molecule has 0 bridgehead atoms. The Bertz CT molecular complexity index is 500. The second-order valence-electron chi connectivity index (χ2n) is 5.01. The van der Waals surface area contributed by atoms with Gasteiger partial charge in [-0.05, 0) is 36.8 Å². The minimum Gasteiger partial charge on any atom is -0.481 e. The first kappa shape index (κ1) is 14.9. The molecule has 1 aromatic carbocycles. The lowest BCUT2D eigenvalue weighted by Gasteiger charge is -2.22. The van der Waals surface area contributed by atoms with Crippen LogP contribution in [0.3, 0.4) is 0 Å². The largest absolute Gasteiger partial charge is 0.481 e. The zero-order chi connectivity index (χ0) is 14.5. The molecule has 4 nitrogen and oxygen atoms in total. The van der Waals surface area contributed by atoms with Crippen LogP contribution in [-0.4, -0.2) is 40.7 Å². The molecule has 0 atom stereocenters. The molecular formula is C15H19NO3S. The van der Waals surface area contributed by atoms with E-state index in [4.69, 9.17) is 5.11 Å². The lowest BCUT2D eigenvalue weighted by atomic mass is 10.1. The summed E-state index contributed by atoms with van der Waals surface area (Å²) >= 11 is 1.71. The third-order valence-electron chi connectivity index (χ3n) is 3.30. The number of amides is 1. The molecule has 0 spiro atoms. The van der Waals surface area contributed by atoms with E-state index in [9.17, 15) is 9.59 Å². The van der Waals surface area contributed by atoms with Crippen LogP contribution in [0.15, 0.2) is 24.3 Å². The van der Waals surface area contributed by atoms with Crippen molar-refractivity contribution in [3.05, 3.63) is 35.4 Å². The molecule has 0 radical (unpaired) electrons. The summed E-state index contributed by atoms with van der Waals surface area (Å²) in [4.78, 5) is 24.9. The number of carbonyl (C=O) groups is 2. The summed E-state index contributed by atoms with van der Waals surface area (Å²) in [5.74, 6) is -0.0315. The summed E-state index contributed by atoms with van der Waals surface area (Å²) in [7, 11) is 0. The predicted octanol–water partition coefficient (Wildman–Crippen LogP) is 2.63. The summed E-state index contributed by atoms with van der Waals surface area (Å²) < 4.78 is 0. The van der Waals surface area contributed by atoms with E-state index in [1.807, 2.05) is 30.5 Å². The van der Waals surface area contributed by atoms with Gasteiger partial charge in [-0.2, -0.15) is 11.8 Å². The van der Waals surface area contributed by atoms with Crippen LogP contribution in [0.1, 0.15) is 35.2 Å². The van der Waals surface area contributed by atoms with Crippen LogP contribution in [0.25, 0.3) is 0 Å². The Morgan fingerprint density at radius 2 is 2.15 bits per heavy atom. The van der Waals surface area contributed by atoms with Gasteiger partial charge in [0.2, 0.25) is 0 Å². The van der Waals surface area contributed by atoms with Crippen molar-refractivity contribution in [1.82, 2.24) is 4.90 Å². The Morgan fingerprint density at radius 3 is 2.75 bits per heavy atom. The molecule has 1 fully saturated rings. The van der Waals surface area contributed by atoms with E-state index in [1.165, 1.54) is 0 Å². The molecule has 0 saturated heterocycles. The second kappa shape index (κ2) is 6.79. The lowest BCUT2D eigenvalue weighted by Crippen LogP contribution is -2.35. The zero-order valence-corrected chi connectivity index (χ0v) is 12.4. The number of aliphatic carboxylic acids is 1. The number of carboxylic acids is 1. The molecule has 0 aromatic heterocycles. The van der Waals surface area contributed by atoms with Crippen LogP contribution < -0.4 is 0 Å². The van der Waals surface area contributed by atoms with Crippen molar-refractivity contribution >= 4 is 23.6 Å². The molecule has 1 amide bonds. The third-order valence-corrected chi connectivity index (χ3v) is 3.92. The monoisotopic (exact) mass is 293 g/mol. The fourth-order valence-electron chi connectivity index (χ4n) is 2.18. The Morgan fingerprint density at radius 1 is 1.40 bits per heavy atom. The highest BCUT2D eigenvalue weighted by Gasteiger charge is 2.33. The lowest BCUT2D eigenvalue weighted by molar-refractivity contribution is -0.137. The van der Waals surface area contributed by atoms with Crippen LogP contribution in [0.2, 0.25) is 0 Å². The van der Waals surface area contributed by atoms with Crippen LogP contribution in [0, 0.1) is 0 Å². The smallest absolute Gasteiger partial charge is 0.305 e. The van der Waals surface area contributed by atoms with Crippen LogP contribution >= 0.6 is 11.8 Å². The minimum absolute atomic E-state index is 0.00669. The van der Waals surface area contributed by atoms with E-state index < -0.39 is 5.97 Å². The Kier molecular flexibility index (Phi) is 5.06. The summed E-state index contributed by atoms with van der Waals surface area (Å²) in [5, 5.41) is 8.79. The fraction of sp³-hybridized carbons (Fsp3) is 0.467. The molecule has 5 heteroatoms. The Labute approximate surface area is 123 Å². The van der Waals surface area contributed by atoms with Gasteiger partial charge in [0.25, 0.3) is 5.91 Å². The second-order valence-corrected chi connectivity index (χ2v) is 5.87. The quantitative estimate of drug-likeness (QED) is 0.839. The van der Waals surface area contributed by atoms with Crippen molar-refractivity contribution in [2.75, 3.05) is 12.8 Å². The maximum atomic E-state index is 12.5. The summed E-state index contributed by atoms with van der Waals surface area (Å²) in [5.41, 5.74) is 1.78. The average molecular weight is 293 g/mol. The van der Waals surface area contributed by atoms with Crippen molar-refractivity contribution < 1.29 is 14.7 Å². The van der Waals surface area contributed by atoms with Gasteiger partial charge in [-0.25, -0.2) is 0 Å². The molecule has 1 aliphatic rings. The van der Waals surface area contributed by atoms with E-state index in [-0.39, 0.29) is 18.4 Å². The van der Waals surface area contributed by atoms with Crippen LogP contribution in [0.5, 0.6) is 0 Å². The van der Waals surface area contributed by atoms with Gasteiger partial charge in [-0.3, -0.25) is 9.59 Å². The molecule has 1 saturated carbocycles. The first-order valence-electron chi connectivity index (χ1n) is 6.72. The molecule has 1 N–H and O–H groups in total. The molecule has 108 valence electrons. The van der Waals surface area contributed by atoms with E-state index in [2.05, 4.69) is 0 Å². The molecule has 1 aliphatic carbocycles. The van der Waals surface area contributed by atoms with Crippen molar-refractivity contribution in [2.45, 2.75) is 31.1 Å². The van der Waals surface area contributed by atoms with Crippen molar-refractivity contribution in [3.8, 4) is 0 Å². The van der Waals surface area contributed by atoms with Crippen LogP contribution in [-0.2, 0) is 10.5 Å². The van der Waals surface area contributed by atoms with E-state index >= 15 is 0 Å². The number of nitrogens with zero attached hydrogens (tertiary/aromatic N) is 1. The zero-order valence-electron chi connectivity index (χ0n) is 11.5. The maximum absolute atomic E-state index is 12.5. The van der Waals surface area contributed by atoms with Gasteiger partial charge in [-0.1, -0.05) is 12.1 Å². The van der Waals surface area contributed by atoms with Gasteiger partial charge >= 0.3 is 5.97 Å². The van der Waals surface area contributed by atoms with Gasteiger partial charge < -0.3 is 10.0 Å². The van der Waals surface area contributed by atoms with Crippen molar-refractivity contribution in [1.29, 1.82) is 0 Å². The highest BCUT2D eigenvalue weighted by atomic mass is 32.2. The standard InChI is InChI=1S/C15H19NO3S/c1-20-10-11-3-2-4-12(9-11)15(19)16(13-5-6-13)8-7-14(17)18/h2-4,9,13H,5-8,10H2,1H3,(H,17,18). The molecule has 20 heavy (non-hydrogen) atoms. The van der Waals surface area contributed by atoms with E-state index in [1.54, 1.807) is 16.7 Å². The first-order valence-corrected chi connectivity index (χ1v) is 8.12. The molecular weight excluding hydrogens is 274 g/mol. The molecule has 0 unspecified atom stereocenters. The van der Waals surface area contributed by atoms with Crippen molar-refractivity contribution in [3.63, 3.8) is 0 Å². The van der Waals surface area contributed by atoms with Crippen molar-refractivity contribution in [2.24, 2.45) is 0 Å². The van der Waals surface area contributed by atoms with E-state index in [0.29, 0.717) is 12.1 Å². The maximum Gasteiger partial charge on any atom is 0.305 e. The number of rotatable bonds is 7. The minimum atomic E-state index is -0.861. The first-order chi connectivity index (χ1) is 9.61.